The average Bonchev–Trinajstić information content (AvgIpc) is 2.97. The lowest BCUT2D eigenvalue weighted by atomic mass is 10.1. The Morgan fingerprint density at radius 3 is 2.59 bits per heavy atom. The maximum atomic E-state index is 13.1. The van der Waals surface area contributed by atoms with Crippen LogP contribution in [0.5, 0.6) is 5.75 Å². The van der Waals surface area contributed by atoms with Gasteiger partial charge in [0.2, 0.25) is 0 Å². The fourth-order valence-corrected chi connectivity index (χ4v) is 3.75. The minimum Gasteiger partial charge on any atom is -0.495 e. The molecule has 0 saturated heterocycles. The molecule has 0 aliphatic carbocycles. The van der Waals surface area contributed by atoms with E-state index in [1.165, 1.54) is 5.56 Å². The van der Waals surface area contributed by atoms with E-state index in [1.807, 2.05) is 43.3 Å². The van der Waals surface area contributed by atoms with Gasteiger partial charge in [-0.3, -0.25) is 9.69 Å². The number of halogens is 1. The van der Waals surface area contributed by atoms with E-state index in [0.29, 0.717) is 27.3 Å². The van der Waals surface area contributed by atoms with Crippen molar-refractivity contribution < 1.29 is 9.53 Å². The summed E-state index contributed by atoms with van der Waals surface area (Å²) in [5.41, 5.74) is 3.22. The number of methoxy groups -OCH3 is 1. The van der Waals surface area contributed by atoms with Gasteiger partial charge in [-0.25, -0.2) is 4.99 Å². The molecule has 140 valence electrons. The van der Waals surface area contributed by atoms with Crippen LogP contribution in [-0.4, -0.2) is 23.9 Å². The molecule has 0 atom stereocenters. The summed E-state index contributed by atoms with van der Waals surface area (Å²) in [4.78, 5) is 19.3. The van der Waals surface area contributed by atoms with E-state index < -0.39 is 0 Å². The number of nitrogens with zero attached hydrogens (tertiary/aromatic N) is 2. The van der Waals surface area contributed by atoms with E-state index in [4.69, 9.17) is 16.3 Å². The van der Waals surface area contributed by atoms with Crippen LogP contribution in [0.25, 0.3) is 6.08 Å². The Morgan fingerprint density at radius 2 is 1.96 bits per heavy atom. The van der Waals surface area contributed by atoms with Crippen molar-refractivity contribution in [1.82, 2.24) is 0 Å². The van der Waals surface area contributed by atoms with Gasteiger partial charge in [0.15, 0.2) is 5.17 Å². The van der Waals surface area contributed by atoms with Crippen LogP contribution in [0.4, 0.5) is 5.69 Å². The van der Waals surface area contributed by atoms with Crippen molar-refractivity contribution in [2.75, 3.05) is 17.8 Å². The van der Waals surface area contributed by atoms with Crippen molar-refractivity contribution in [1.29, 1.82) is 0 Å². The molecule has 2 aromatic carbocycles. The number of rotatable bonds is 5. The number of ether oxygens (including phenoxy) is 1. The van der Waals surface area contributed by atoms with Gasteiger partial charge in [-0.2, -0.15) is 0 Å². The number of anilines is 1. The topological polar surface area (TPSA) is 41.9 Å². The van der Waals surface area contributed by atoms with Crippen LogP contribution >= 0.6 is 23.4 Å². The Hall–Kier alpha value is -2.24. The van der Waals surface area contributed by atoms with E-state index in [0.717, 1.165) is 17.7 Å². The molecule has 3 rings (SSSR count). The van der Waals surface area contributed by atoms with E-state index in [9.17, 15) is 4.79 Å². The largest absolute Gasteiger partial charge is 0.495 e. The summed E-state index contributed by atoms with van der Waals surface area (Å²) in [6, 6.07) is 13.3. The molecule has 1 aliphatic rings. The van der Waals surface area contributed by atoms with Crippen molar-refractivity contribution in [3.05, 3.63) is 64.3 Å². The molecule has 0 unspecified atom stereocenters. The zero-order valence-electron chi connectivity index (χ0n) is 15.5. The third kappa shape index (κ3) is 4.37. The highest BCUT2D eigenvalue weighted by molar-refractivity contribution is 8.14. The first-order chi connectivity index (χ1) is 13.0. The van der Waals surface area contributed by atoms with Crippen LogP contribution in [0.2, 0.25) is 5.02 Å². The predicted molar refractivity (Wildman–Crippen MR) is 115 cm³/mol. The summed E-state index contributed by atoms with van der Waals surface area (Å²) >= 11 is 7.83. The first-order valence-electron chi connectivity index (χ1n) is 8.71. The highest BCUT2D eigenvalue weighted by Crippen LogP contribution is 2.34. The molecular formula is C21H21ClN2O2S. The molecule has 2 aromatic rings. The quantitative estimate of drug-likeness (QED) is 0.618. The molecule has 1 aliphatic heterocycles. The second-order valence-electron chi connectivity index (χ2n) is 6.14. The molecule has 1 heterocycles. The van der Waals surface area contributed by atoms with Gasteiger partial charge in [-0.15, -0.1) is 0 Å². The summed E-state index contributed by atoms with van der Waals surface area (Å²) in [5.74, 6) is 1.29. The first-order valence-corrected chi connectivity index (χ1v) is 10.1. The van der Waals surface area contributed by atoms with Gasteiger partial charge in [-0.1, -0.05) is 60.1 Å². The van der Waals surface area contributed by atoms with Gasteiger partial charge in [0, 0.05) is 5.75 Å². The van der Waals surface area contributed by atoms with E-state index >= 15 is 0 Å². The zero-order chi connectivity index (χ0) is 19.4. The third-order valence-electron chi connectivity index (χ3n) is 4.04. The molecule has 0 spiro atoms. The number of benzene rings is 2. The standard InChI is InChI=1S/C21H21ClN2O2S/c1-4-11-27-21-23-18(12-15-7-5-14(2)6-8-15)20(25)24(21)16-9-10-19(26-3)17(22)13-16/h5-10,12-13H,4,11H2,1-3H3. The highest BCUT2D eigenvalue weighted by atomic mass is 35.5. The number of hydrogen-bond donors (Lipinski definition) is 0. The summed E-state index contributed by atoms with van der Waals surface area (Å²) in [6.07, 6.45) is 2.81. The van der Waals surface area contributed by atoms with E-state index in [2.05, 4.69) is 11.9 Å². The molecule has 27 heavy (non-hydrogen) atoms. The van der Waals surface area contributed by atoms with E-state index in [1.54, 1.807) is 35.9 Å². The van der Waals surface area contributed by atoms with Crippen LogP contribution in [-0.2, 0) is 4.79 Å². The fourth-order valence-electron chi connectivity index (χ4n) is 2.63. The van der Waals surface area contributed by atoms with Gasteiger partial charge in [0.05, 0.1) is 17.8 Å². The van der Waals surface area contributed by atoms with Gasteiger partial charge in [0.25, 0.3) is 5.91 Å². The van der Waals surface area contributed by atoms with Gasteiger partial charge >= 0.3 is 0 Å². The second-order valence-corrected chi connectivity index (χ2v) is 7.61. The monoisotopic (exact) mass is 400 g/mol. The number of amides is 1. The molecule has 0 saturated carbocycles. The number of carbonyl (C=O) groups is 1. The van der Waals surface area contributed by atoms with Crippen LogP contribution in [0.3, 0.4) is 0 Å². The molecule has 6 heteroatoms. The van der Waals surface area contributed by atoms with Crippen LogP contribution < -0.4 is 9.64 Å². The minimum absolute atomic E-state index is 0.157. The van der Waals surface area contributed by atoms with Gasteiger partial charge in [-0.05, 0) is 43.2 Å². The van der Waals surface area contributed by atoms with Crippen molar-refractivity contribution in [2.45, 2.75) is 20.3 Å². The van der Waals surface area contributed by atoms with Gasteiger partial charge in [0.1, 0.15) is 11.4 Å². The number of hydrogen-bond acceptors (Lipinski definition) is 4. The summed E-state index contributed by atoms with van der Waals surface area (Å²) in [7, 11) is 1.56. The van der Waals surface area contributed by atoms with Crippen LogP contribution in [0, 0.1) is 6.92 Å². The summed E-state index contributed by atoms with van der Waals surface area (Å²) in [6.45, 7) is 4.13. The number of carbonyl (C=O) groups excluding carboxylic acids is 1. The number of thioether (sulfide) groups is 1. The maximum absolute atomic E-state index is 13.1. The first kappa shape index (κ1) is 19.5. The Kier molecular flexibility index (Phi) is 6.24. The Bertz CT molecular complexity index is 907. The maximum Gasteiger partial charge on any atom is 0.283 e. The minimum atomic E-state index is -0.157. The molecule has 0 radical (unpaired) electrons. The summed E-state index contributed by atoms with van der Waals surface area (Å²) < 4.78 is 5.21. The smallest absolute Gasteiger partial charge is 0.283 e. The molecule has 1 amide bonds. The molecule has 0 N–H and O–H groups in total. The van der Waals surface area contributed by atoms with Crippen molar-refractivity contribution in [2.24, 2.45) is 4.99 Å². The normalized spacial score (nSPS) is 15.4. The van der Waals surface area contributed by atoms with E-state index in [-0.39, 0.29) is 5.91 Å². The lowest BCUT2D eigenvalue weighted by Gasteiger charge is -2.18. The highest BCUT2D eigenvalue weighted by Gasteiger charge is 2.32. The number of amidine groups is 1. The SMILES string of the molecule is CCCSC1=NC(=Cc2ccc(C)cc2)C(=O)N1c1ccc(OC)c(Cl)c1. The average molecular weight is 401 g/mol. The zero-order valence-corrected chi connectivity index (χ0v) is 17.1. The number of aryl methyl sites for hydroxylation is 1. The Balaban J connectivity index is 1.97. The number of aliphatic imine (C=N–C) groups is 1. The lowest BCUT2D eigenvalue weighted by Crippen LogP contribution is -2.30. The van der Waals surface area contributed by atoms with Gasteiger partial charge < -0.3 is 4.74 Å². The predicted octanol–water partition coefficient (Wildman–Crippen LogP) is 5.54. The van der Waals surface area contributed by atoms with Crippen molar-refractivity contribution in [3.63, 3.8) is 0 Å². The Labute approximate surface area is 168 Å². The molecule has 0 fully saturated rings. The van der Waals surface area contributed by atoms with Crippen molar-refractivity contribution in [3.8, 4) is 5.75 Å². The molecule has 4 nitrogen and oxygen atoms in total. The lowest BCUT2D eigenvalue weighted by molar-refractivity contribution is -0.113. The third-order valence-corrected chi connectivity index (χ3v) is 5.48. The van der Waals surface area contributed by atoms with Crippen molar-refractivity contribution >= 4 is 46.2 Å². The van der Waals surface area contributed by atoms with Crippen LogP contribution in [0.15, 0.2) is 53.2 Å². The Morgan fingerprint density at radius 1 is 1.22 bits per heavy atom. The molecular weight excluding hydrogens is 380 g/mol. The fraction of sp³-hybridized carbons (Fsp3) is 0.238. The second kappa shape index (κ2) is 8.63. The molecule has 0 aromatic heterocycles. The van der Waals surface area contributed by atoms with Crippen LogP contribution in [0.1, 0.15) is 24.5 Å². The summed E-state index contributed by atoms with van der Waals surface area (Å²) in [5, 5.41) is 1.13. The molecule has 0 bridgehead atoms.